The summed E-state index contributed by atoms with van der Waals surface area (Å²) in [6.45, 7) is 3.42. The Bertz CT molecular complexity index is 821. The van der Waals surface area contributed by atoms with Crippen molar-refractivity contribution >= 4 is 34.3 Å². The number of nitrogens with one attached hydrogen (secondary N) is 1. The maximum atomic E-state index is 9.55. The molecule has 4 N–H and O–H groups in total. The number of halogens is 1. The van der Waals surface area contributed by atoms with E-state index in [1.807, 2.05) is 13.8 Å². The van der Waals surface area contributed by atoms with Gasteiger partial charge in [0.2, 0.25) is 5.28 Å². The molecule has 0 amide bonds. The molecule has 0 saturated carbocycles. The summed E-state index contributed by atoms with van der Waals surface area (Å²) in [6.07, 6.45) is -0.662. The Balaban J connectivity index is 1.69. The SMILES string of the molecule is CC1(C)O[C@@H]2[C@H](O1)[C@@H](CO)O[C@H]2Nc1nc(Cl)nc2c(N)ncnc12. The Hall–Kier alpha value is -1.85. The molecule has 0 aliphatic carbocycles. The number of aromatic nitrogens is 4. The quantitative estimate of drug-likeness (QED) is 0.648. The highest BCUT2D eigenvalue weighted by atomic mass is 35.5. The number of aliphatic hydroxyl groups is 1. The third kappa shape index (κ3) is 2.85. The van der Waals surface area contributed by atoms with Gasteiger partial charge in [0.1, 0.15) is 35.7 Å². The third-order valence-corrected chi connectivity index (χ3v) is 4.26. The van der Waals surface area contributed by atoms with E-state index >= 15 is 0 Å². The molecule has 25 heavy (non-hydrogen) atoms. The first-order valence-electron chi connectivity index (χ1n) is 7.70. The molecule has 4 rings (SSSR count). The molecule has 0 spiro atoms. The Morgan fingerprint density at radius 2 is 2.00 bits per heavy atom. The van der Waals surface area contributed by atoms with Gasteiger partial charge in [-0.1, -0.05) is 0 Å². The number of aliphatic hydroxyl groups excluding tert-OH is 1. The fourth-order valence-electron chi connectivity index (χ4n) is 3.12. The normalized spacial score (nSPS) is 30.6. The second-order valence-electron chi connectivity index (χ2n) is 6.28. The van der Waals surface area contributed by atoms with E-state index in [1.165, 1.54) is 6.33 Å². The maximum absolute atomic E-state index is 9.55. The number of hydrogen-bond donors (Lipinski definition) is 3. The molecule has 0 bridgehead atoms. The lowest BCUT2D eigenvalue weighted by molar-refractivity contribution is -0.187. The molecule has 4 heterocycles. The Kier molecular flexibility index (Phi) is 3.89. The average molecular weight is 369 g/mol. The number of rotatable bonds is 3. The highest BCUT2D eigenvalue weighted by Gasteiger charge is 2.55. The Labute approximate surface area is 147 Å². The summed E-state index contributed by atoms with van der Waals surface area (Å²) in [5.41, 5.74) is 6.57. The predicted molar refractivity (Wildman–Crippen MR) is 87.7 cm³/mol. The van der Waals surface area contributed by atoms with Crippen molar-refractivity contribution < 1.29 is 19.3 Å². The van der Waals surface area contributed by atoms with Crippen LogP contribution in [0, 0.1) is 0 Å². The molecule has 2 aromatic rings. The van der Waals surface area contributed by atoms with Gasteiger partial charge in [0, 0.05) is 0 Å². The molecule has 2 aliphatic rings. The monoisotopic (exact) mass is 368 g/mol. The number of nitrogens with two attached hydrogens (primary N) is 1. The molecule has 11 heteroatoms. The molecular weight excluding hydrogens is 352 g/mol. The first kappa shape index (κ1) is 16.6. The van der Waals surface area contributed by atoms with Crippen LogP contribution < -0.4 is 11.1 Å². The summed E-state index contributed by atoms with van der Waals surface area (Å²) in [6, 6.07) is 0. The lowest BCUT2D eigenvalue weighted by Crippen LogP contribution is -2.35. The predicted octanol–water partition coefficient (Wildman–Crippen LogP) is 0.305. The van der Waals surface area contributed by atoms with Gasteiger partial charge in [0.15, 0.2) is 23.7 Å². The van der Waals surface area contributed by atoms with Crippen molar-refractivity contribution in [3.05, 3.63) is 11.6 Å². The van der Waals surface area contributed by atoms with E-state index in [0.29, 0.717) is 16.9 Å². The van der Waals surface area contributed by atoms with Crippen LogP contribution in [0.5, 0.6) is 0 Å². The van der Waals surface area contributed by atoms with Crippen LogP contribution in [0.4, 0.5) is 11.6 Å². The van der Waals surface area contributed by atoms with Crippen molar-refractivity contribution in [3.8, 4) is 0 Å². The molecule has 2 aromatic heterocycles. The summed E-state index contributed by atoms with van der Waals surface area (Å²) < 4.78 is 17.5. The topological polar surface area (TPSA) is 138 Å². The molecule has 0 unspecified atom stereocenters. The van der Waals surface area contributed by atoms with E-state index in [9.17, 15) is 5.11 Å². The summed E-state index contributed by atoms with van der Waals surface area (Å²) >= 11 is 5.98. The van der Waals surface area contributed by atoms with Crippen LogP contribution in [0.25, 0.3) is 11.0 Å². The van der Waals surface area contributed by atoms with Gasteiger partial charge >= 0.3 is 0 Å². The molecule has 0 radical (unpaired) electrons. The number of nitrogen functional groups attached to an aromatic ring is 1. The van der Waals surface area contributed by atoms with E-state index in [-0.39, 0.29) is 17.7 Å². The molecule has 0 aromatic carbocycles. The van der Waals surface area contributed by atoms with Crippen molar-refractivity contribution in [1.82, 2.24) is 19.9 Å². The molecule has 2 saturated heterocycles. The van der Waals surface area contributed by atoms with Crippen molar-refractivity contribution in [2.24, 2.45) is 0 Å². The van der Waals surface area contributed by atoms with Gasteiger partial charge in [-0.3, -0.25) is 0 Å². The molecule has 10 nitrogen and oxygen atoms in total. The number of hydrogen-bond acceptors (Lipinski definition) is 10. The molecule has 2 fully saturated rings. The molecular formula is C14H17ClN6O4. The summed E-state index contributed by atoms with van der Waals surface area (Å²) in [5, 5.41) is 12.6. The number of fused-ring (bicyclic) bond motifs is 2. The van der Waals surface area contributed by atoms with Gasteiger partial charge in [-0.25, -0.2) is 15.0 Å². The summed E-state index contributed by atoms with van der Waals surface area (Å²) in [7, 11) is 0. The second kappa shape index (κ2) is 5.85. The van der Waals surface area contributed by atoms with Crippen molar-refractivity contribution in [2.75, 3.05) is 17.7 Å². The van der Waals surface area contributed by atoms with E-state index in [2.05, 4.69) is 25.3 Å². The van der Waals surface area contributed by atoms with E-state index < -0.39 is 30.3 Å². The van der Waals surface area contributed by atoms with Crippen molar-refractivity contribution in [3.63, 3.8) is 0 Å². The first-order valence-corrected chi connectivity index (χ1v) is 8.08. The Morgan fingerprint density at radius 3 is 2.76 bits per heavy atom. The standard InChI is InChI=1S/C14H17ClN6O4/c1-14(2)24-8-5(3-22)23-12(9(8)25-14)20-11-7-6(19-13(15)21-11)10(16)18-4-17-7/h4-5,8-9,12,22H,3H2,1-2H3,(H2,16,17,18)(H,19,20,21)/t5-,8-,9-,12-/m1/s1. The zero-order chi connectivity index (χ0) is 17.8. The summed E-state index contributed by atoms with van der Waals surface area (Å²) in [5.74, 6) is -0.248. The van der Waals surface area contributed by atoms with Gasteiger partial charge in [-0.05, 0) is 25.4 Å². The zero-order valence-corrected chi connectivity index (χ0v) is 14.3. The van der Waals surface area contributed by atoms with Crippen LogP contribution in [-0.4, -0.2) is 62.0 Å². The second-order valence-corrected chi connectivity index (χ2v) is 6.62. The van der Waals surface area contributed by atoms with Crippen LogP contribution in [0.2, 0.25) is 5.28 Å². The molecule has 4 atom stereocenters. The van der Waals surface area contributed by atoms with Gasteiger partial charge in [-0.15, -0.1) is 0 Å². The fraction of sp³-hybridized carbons (Fsp3) is 0.571. The van der Waals surface area contributed by atoms with Gasteiger partial charge in [-0.2, -0.15) is 4.98 Å². The summed E-state index contributed by atoms with van der Waals surface area (Å²) in [4.78, 5) is 16.3. The molecule has 134 valence electrons. The minimum absolute atomic E-state index is 0.00586. The lowest BCUT2D eigenvalue weighted by Gasteiger charge is -2.24. The van der Waals surface area contributed by atoms with Gasteiger partial charge in [0.25, 0.3) is 0 Å². The average Bonchev–Trinajstić information content (AvgIpc) is 3.02. The van der Waals surface area contributed by atoms with Crippen LogP contribution >= 0.6 is 11.6 Å². The Morgan fingerprint density at radius 1 is 1.24 bits per heavy atom. The highest BCUT2D eigenvalue weighted by Crippen LogP contribution is 2.39. The van der Waals surface area contributed by atoms with Crippen molar-refractivity contribution in [2.45, 2.75) is 44.2 Å². The van der Waals surface area contributed by atoms with Crippen LogP contribution in [0.15, 0.2) is 6.33 Å². The van der Waals surface area contributed by atoms with E-state index in [1.54, 1.807) is 0 Å². The fourth-order valence-corrected chi connectivity index (χ4v) is 3.29. The van der Waals surface area contributed by atoms with Crippen LogP contribution in [-0.2, 0) is 14.2 Å². The largest absolute Gasteiger partial charge is 0.394 e. The van der Waals surface area contributed by atoms with E-state index in [4.69, 9.17) is 31.5 Å². The van der Waals surface area contributed by atoms with Gasteiger partial charge in [0.05, 0.1) is 6.61 Å². The van der Waals surface area contributed by atoms with Crippen LogP contribution in [0.3, 0.4) is 0 Å². The number of ether oxygens (including phenoxy) is 3. The highest BCUT2D eigenvalue weighted by molar-refractivity contribution is 6.28. The number of anilines is 2. The first-order chi connectivity index (χ1) is 11.9. The third-order valence-electron chi connectivity index (χ3n) is 4.09. The van der Waals surface area contributed by atoms with E-state index in [0.717, 1.165) is 0 Å². The smallest absolute Gasteiger partial charge is 0.225 e. The zero-order valence-electron chi connectivity index (χ0n) is 13.5. The van der Waals surface area contributed by atoms with Crippen molar-refractivity contribution in [1.29, 1.82) is 0 Å². The number of nitrogens with zero attached hydrogens (tertiary/aromatic N) is 4. The van der Waals surface area contributed by atoms with Gasteiger partial charge < -0.3 is 30.4 Å². The minimum Gasteiger partial charge on any atom is -0.394 e. The lowest BCUT2D eigenvalue weighted by atomic mass is 10.1. The minimum atomic E-state index is -0.773. The molecule has 2 aliphatic heterocycles. The van der Waals surface area contributed by atoms with Crippen LogP contribution in [0.1, 0.15) is 13.8 Å². The maximum Gasteiger partial charge on any atom is 0.225 e.